The Morgan fingerprint density at radius 1 is 0.714 bits per heavy atom. The quantitative estimate of drug-likeness (QED) is 0.720. The first-order valence-electron chi connectivity index (χ1n) is 10.6. The van der Waals surface area contributed by atoms with E-state index in [1.54, 1.807) is 0 Å². The average molecular weight is 397 g/mol. The van der Waals surface area contributed by atoms with E-state index in [4.69, 9.17) is 0 Å². The van der Waals surface area contributed by atoms with E-state index in [0.29, 0.717) is 0 Å². The Hall–Kier alpha value is -1.14. The first kappa shape index (κ1) is 23.1. The van der Waals surface area contributed by atoms with Crippen LogP contribution in [0.3, 0.4) is 0 Å². The molecule has 2 N–H and O–H groups in total. The minimum Gasteiger partial charge on any atom is -0.481 e. The fraction of sp³-hybridized carbons (Fsp3) is 0.909. The van der Waals surface area contributed by atoms with E-state index in [0.717, 1.165) is 38.5 Å². The summed E-state index contributed by atoms with van der Waals surface area (Å²) in [7, 11) is 0. The zero-order valence-electron chi connectivity index (χ0n) is 19.1. The first-order valence-corrected chi connectivity index (χ1v) is 10.6. The minimum absolute atomic E-state index is 0.431. The Morgan fingerprint density at radius 2 is 1.00 bits per heavy atom. The molecule has 2 aliphatic heterocycles. The summed E-state index contributed by atoms with van der Waals surface area (Å²) in [5.74, 6) is -2.13. The maximum atomic E-state index is 13.2. The van der Waals surface area contributed by atoms with Gasteiger partial charge < -0.3 is 10.2 Å². The van der Waals surface area contributed by atoms with Crippen LogP contribution in [0.4, 0.5) is 0 Å². The Balaban J connectivity index is 2.87. The van der Waals surface area contributed by atoms with Crippen molar-refractivity contribution in [3.63, 3.8) is 0 Å². The third kappa shape index (κ3) is 3.70. The zero-order chi connectivity index (χ0) is 21.8. The lowest BCUT2D eigenvalue weighted by atomic mass is 9.71. The second kappa shape index (κ2) is 6.98. The van der Waals surface area contributed by atoms with Crippen molar-refractivity contribution in [2.45, 2.75) is 128 Å². The van der Waals surface area contributed by atoms with Crippen molar-refractivity contribution in [1.82, 2.24) is 9.80 Å². The Kier molecular flexibility index (Phi) is 5.77. The SMILES string of the molecule is CC1(C)CCCC(C)(C)N1C(CC(=O)O)(C(=O)O)N1C(C)(C)CCCC1(C)C. The third-order valence-electron chi connectivity index (χ3n) is 7.06. The molecule has 0 aliphatic carbocycles. The number of carboxylic acids is 2. The molecule has 6 nitrogen and oxygen atoms in total. The Bertz CT molecular complexity index is 566. The maximum Gasteiger partial charge on any atom is 0.340 e. The van der Waals surface area contributed by atoms with Gasteiger partial charge in [0.1, 0.15) is 0 Å². The fourth-order valence-corrected chi connectivity index (χ4v) is 6.73. The largest absolute Gasteiger partial charge is 0.481 e. The van der Waals surface area contributed by atoms with E-state index < -0.39 is 46.2 Å². The Labute approximate surface area is 170 Å². The lowest BCUT2D eigenvalue weighted by Crippen LogP contribution is -2.82. The van der Waals surface area contributed by atoms with Gasteiger partial charge in [0, 0.05) is 22.2 Å². The van der Waals surface area contributed by atoms with Gasteiger partial charge in [0.05, 0.1) is 6.42 Å². The van der Waals surface area contributed by atoms with Gasteiger partial charge in [0.15, 0.2) is 5.66 Å². The highest BCUT2D eigenvalue weighted by atomic mass is 16.4. The molecular formula is C22H40N2O4. The van der Waals surface area contributed by atoms with Crippen LogP contribution in [-0.4, -0.2) is 59.8 Å². The highest BCUT2D eigenvalue weighted by Gasteiger charge is 2.65. The van der Waals surface area contributed by atoms with Crippen LogP contribution in [0.2, 0.25) is 0 Å². The van der Waals surface area contributed by atoms with Gasteiger partial charge in [-0.05, 0) is 93.9 Å². The molecule has 2 fully saturated rings. The summed E-state index contributed by atoms with van der Waals surface area (Å²) in [6.45, 7) is 16.5. The molecule has 2 aliphatic rings. The molecule has 2 heterocycles. The third-order valence-corrected chi connectivity index (χ3v) is 7.06. The maximum absolute atomic E-state index is 13.2. The topological polar surface area (TPSA) is 81.1 Å². The second-order valence-electron chi connectivity index (χ2n) is 11.3. The molecule has 2 rings (SSSR count). The molecule has 0 unspecified atom stereocenters. The minimum atomic E-state index is -1.62. The molecule has 0 aromatic carbocycles. The molecule has 0 saturated carbocycles. The number of hydrogen-bond donors (Lipinski definition) is 2. The van der Waals surface area contributed by atoms with Gasteiger partial charge in [-0.2, -0.15) is 0 Å². The van der Waals surface area contributed by atoms with Crippen molar-refractivity contribution >= 4 is 11.9 Å². The van der Waals surface area contributed by atoms with E-state index >= 15 is 0 Å². The fourth-order valence-electron chi connectivity index (χ4n) is 6.73. The summed E-state index contributed by atoms with van der Waals surface area (Å²) in [6, 6.07) is 0. The van der Waals surface area contributed by atoms with E-state index in [2.05, 4.69) is 55.4 Å². The predicted octanol–water partition coefficient (Wildman–Crippen LogP) is 4.33. The molecule has 28 heavy (non-hydrogen) atoms. The normalized spacial score (nSPS) is 27.3. The lowest BCUT2D eigenvalue weighted by Gasteiger charge is -2.68. The lowest BCUT2D eigenvalue weighted by molar-refractivity contribution is -0.246. The van der Waals surface area contributed by atoms with Crippen molar-refractivity contribution in [2.24, 2.45) is 0 Å². The predicted molar refractivity (Wildman–Crippen MR) is 110 cm³/mol. The number of hydrogen-bond acceptors (Lipinski definition) is 4. The van der Waals surface area contributed by atoms with Crippen molar-refractivity contribution in [3.05, 3.63) is 0 Å². The van der Waals surface area contributed by atoms with Crippen LogP contribution in [0.5, 0.6) is 0 Å². The highest BCUT2D eigenvalue weighted by molar-refractivity contribution is 5.85. The van der Waals surface area contributed by atoms with Crippen LogP contribution < -0.4 is 0 Å². The van der Waals surface area contributed by atoms with Gasteiger partial charge >= 0.3 is 11.9 Å². The summed E-state index contributed by atoms with van der Waals surface area (Å²) < 4.78 is 0. The van der Waals surface area contributed by atoms with Crippen molar-refractivity contribution in [2.75, 3.05) is 0 Å². The summed E-state index contributed by atoms with van der Waals surface area (Å²) >= 11 is 0. The molecule has 2 saturated heterocycles. The number of carbonyl (C=O) groups is 2. The van der Waals surface area contributed by atoms with E-state index in [1.165, 1.54) is 0 Å². The van der Waals surface area contributed by atoms with Gasteiger partial charge in [0.25, 0.3) is 0 Å². The van der Waals surface area contributed by atoms with Crippen LogP contribution in [0.25, 0.3) is 0 Å². The summed E-state index contributed by atoms with van der Waals surface area (Å²) in [5, 5.41) is 20.7. The molecule has 0 atom stereocenters. The first-order chi connectivity index (χ1) is 12.5. The van der Waals surface area contributed by atoms with Gasteiger partial charge in [0.2, 0.25) is 0 Å². The smallest absolute Gasteiger partial charge is 0.340 e. The molecule has 6 heteroatoms. The average Bonchev–Trinajstić information content (AvgIpc) is 2.41. The zero-order valence-corrected chi connectivity index (χ0v) is 19.1. The second-order valence-corrected chi connectivity index (χ2v) is 11.3. The molecule has 0 radical (unpaired) electrons. The number of piperidine rings is 2. The summed E-state index contributed by atoms with van der Waals surface area (Å²) in [6.07, 6.45) is 4.96. The monoisotopic (exact) mass is 396 g/mol. The Morgan fingerprint density at radius 3 is 1.21 bits per heavy atom. The summed E-state index contributed by atoms with van der Waals surface area (Å²) in [5.41, 5.74) is -3.34. The van der Waals surface area contributed by atoms with Gasteiger partial charge in [-0.15, -0.1) is 0 Å². The van der Waals surface area contributed by atoms with Crippen LogP contribution in [0.1, 0.15) is 100 Å². The van der Waals surface area contributed by atoms with Crippen molar-refractivity contribution < 1.29 is 19.8 Å². The number of rotatable bonds is 5. The number of nitrogens with zero attached hydrogens (tertiary/aromatic N) is 2. The van der Waals surface area contributed by atoms with Gasteiger partial charge in [-0.1, -0.05) is 0 Å². The van der Waals surface area contributed by atoms with E-state index in [9.17, 15) is 19.8 Å². The van der Waals surface area contributed by atoms with Crippen LogP contribution in [-0.2, 0) is 9.59 Å². The standard InChI is InChI=1S/C22H40N2O4/c1-18(2)11-9-12-19(3,4)23(18)22(17(27)28,15-16(25)26)24-20(5,6)13-10-14-21(24,7)8/h9-15H2,1-8H3,(H,25,26)(H,27,28). The molecule has 0 bridgehead atoms. The number of aliphatic carboxylic acids is 2. The van der Waals surface area contributed by atoms with Crippen LogP contribution >= 0.6 is 0 Å². The van der Waals surface area contributed by atoms with Crippen molar-refractivity contribution in [3.8, 4) is 0 Å². The van der Waals surface area contributed by atoms with Gasteiger partial charge in [-0.25, -0.2) is 4.79 Å². The van der Waals surface area contributed by atoms with Gasteiger partial charge in [-0.3, -0.25) is 14.6 Å². The molecule has 0 spiro atoms. The highest BCUT2D eigenvalue weighted by Crippen LogP contribution is 2.52. The molecule has 0 amide bonds. The molecule has 0 aromatic rings. The molecule has 0 aromatic heterocycles. The van der Waals surface area contributed by atoms with Crippen molar-refractivity contribution in [1.29, 1.82) is 0 Å². The molecular weight excluding hydrogens is 356 g/mol. The summed E-state index contributed by atoms with van der Waals surface area (Å²) in [4.78, 5) is 29.4. The molecule has 162 valence electrons. The van der Waals surface area contributed by atoms with Crippen LogP contribution in [0, 0.1) is 0 Å². The van der Waals surface area contributed by atoms with E-state index in [-0.39, 0.29) is 0 Å². The number of carboxylic acid groups (broad SMARTS) is 2. The van der Waals surface area contributed by atoms with Crippen LogP contribution in [0.15, 0.2) is 0 Å². The van der Waals surface area contributed by atoms with E-state index in [1.807, 2.05) is 9.80 Å². The number of likely N-dealkylation sites (tertiary alicyclic amines) is 2.